The van der Waals surface area contributed by atoms with Crippen molar-refractivity contribution >= 4 is 27.5 Å². The summed E-state index contributed by atoms with van der Waals surface area (Å²) in [6, 6.07) is 6.67. The van der Waals surface area contributed by atoms with Gasteiger partial charge in [0.05, 0.1) is 11.1 Å². The Morgan fingerprint density at radius 3 is 2.43 bits per heavy atom. The van der Waals surface area contributed by atoms with E-state index in [1.54, 1.807) is 33.1 Å². The number of fused-ring (bicyclic) bond motifs is 1. The monoisotopic (exact) mass is 498 g/mol. The van der Waals surface area contributed by atoms with Crippen molar-refractivity contribution in [3.63, 3.8) is 0 Å². The molecule has 1 aliphatic heterocycles. The van der Waals surface area contributed by atoms with Crippen LogP contribution >= 0.6 is 0 Å². The van der Waals surface area contributed by atoms with Gasteiger partial charge in [-0.05, 0) is 56.4 Å². The van der Waals surface area contributed by atoms with Gasteiger partial charge in [0.25, 0.3) is 5.91 Å². The van der Waals surface area contributed by atoms with E-state index in [0.29, 0.717) is 31.7 Å². The van der Waals surface area contributed by atoms with E-state index in [1.807, 2.05) is 13.8 Å². The van der Waals surface area contributed by atoms with E-state index in [0.717, 1.165) is 41.8 Å². The maximum absolute atomic E-state index is 12.8. The number of carbonyl (C=O) groups excluding carboxylic acids is 2. The molecule has 2 aromatic heterocycles. The van der Waals surface area contributed by atoms with Crippen LogP contribution in [0.5, 0.6) is 0 Å². The quantitative estimate of drug-likeness (QED) is 0.486. The van der Waals surface area contributed by atoms with Crippen LogP contribution in [0.15, 0.2) is 35.4 Å². The molecular formula is C24H30N6O4S. The molecule has 0 aliphatic carbocycles. The Labute approximate surface area is 204 Å². The van der Waals surface area contributed by atoms with Gasteiger partial charge in [0.15, 0.2) is 5.65 Å². The van der Waals surface area contributed by atoms with Gasteiger partial charge in [0.1, 0.15) is 5.56 Å². The van der Waals surface area contributed by atoms with Crippen molar-refractivity contribution in [3.05, 3.63) is 58.5 Å². The van der Waals surface area contributed by atoms with Crippen LogP contribution in [0.25, 0.3) is 5.65 Å². The second-order valence-electron chi connectivity index (χ2n) is 8.80. The smallest absolute Gasteiger partial charge is 0.254 e. The highest BCUT2D eigenvalue weighted by Crippen LogP contribution is 2.21. The fourth-order valence-electron chi connectivity index (χ4n) is 4.41. The van der Waals surface area contributed by atoms with Crippen molar-refractivity contribution < 1.29 is 18.0 Å². The van der Waals surface area contributed by atoms with Crippen LogP contribution in [0.1, 0.15) is 58.6 Å². The van der Waals surface area contributed by atoms with Crippen LogP contribution in [0.4, 0.5) is 0 Å². The number of rotatable bonds is 8. The molecule has 11 heteroatoms. The molecule has 0 radical (unpaired) electrons. The number of nitrogens with one attached hydrogen (secondary N) is 1. The van der Waals surface area contributed by atoms with E-state index in [2.05, 4.69) is 15.4 Å². The first-order valence-corrected chi connectivity index (χ1v) is 13.1. The van der Waals surface area contributed by atoms with Crippen molar-refractivity contribution in [3.8, 4) is 0 Å². The van der Waals surface area contributed by atoms with Crippen LogP contribution in [0, 0.1) is 13.8 Å². The summed E-state index contributed by atoms with van der Waals surface area (Å²) < 4.78 is 28.7. The molecule has 35 heavy (non-hydrogen) atoms. The molecule has 2 amide bonds. The molecule has 0 unspecified atom stereocenters. The molecule has 0 saturated carbocycles. The van der Waals surface area contributed by atoms with Gasteiger partial charge in [0, 0.05) is 37.4 Å². The van der Waals surface area contributed by atoms with Crippen LogP contribution in [-0.2, 0) is 27.8 Å². The number of nitrogens with two attached hydrogens (primary N) is 1. The fraction of sp³-hybridized carbons (Fsp3) is 0.417. The summed E-state index contributed by atoms with van der Waals surface area (Å²) in [5.41, 5.74) is 9.29. The van der Waals surface area contributed by atoms with Crippen LogP contribution in [0.3, 0.4) is 0 Å². The Bertz CT molecular complexity index is 1360. The molecule has 1 saturated heterocycles. The van der Waals surface area contributed by atoms with E-state index in [1.165, 1.54) is 6.20 Å². The van der Waals surface area contributed by atoms with Gasteiger partial charge in [0.2, 0.25) is 15.9 Å². The highest BCUT2D eigenvalue weighted by molar-refractivity contribution is 7.89. The fourth-order valence-corrected chi connectivity index (χ4v) is 5.92. The summed E-state index contributed by atoms with van der Waals surface area (Å²) >= 11 is 0. The number of hydrogen-bond acceptors (Lipinski definition) is 6. The molecule has 0 spiro atoms. The molecular weight excluding hydrogens is 468 g/mol. The summed E-state index contributed by atoms with van der Waals surface area (Å²) in [5.74, 6) is -0.720. The van der Waals surface area contributed by atoms with Gasteiger partial charge in [-0.25, -0.2) is 17.9 Å². The lowest BCUT2D eigenvalue weighted by Crippen LogP contribution is -2.35. The van der Waals surface area contributed by atoms with Crippen LogP contribution in [-0.4, -0.2) is 52.2 Å². The number of aryl methyl sites for hydroxylation is 2. The first kappa shape index (κ1) is 24.8. The predicted molar refractivity (Wildman–Crippen MR) is 130 cm³/mol. The number of hydrogen-bond donors (Lipinski definition) is 2. The van der Waals surface area contributed by atoms with Crippen molar-refractivity contribution in [2.45, 2.75) is 57.4 Å². The molecule has 0 bridgehead atoms. The molecule has 186 valence electrons. The summed E-state index contributed by atoms with van der Waals surface area (Å²) in [4.78, 5) is 28.8. The Hall–Kier alpha value is -3.31. The van der Waals surface area contributed by atoms with Gasteiger partial charge in [-0.3, -0.25) is 9.59 Å². The maximum atomic E-state index is 12.8. The lowest BCUT2D eigenvalue weighted by Gasteiger charge is -2.25. The Kier molecular flexibility index (Phi) is 7.18. The van der Waals surface area contributed by atoms with Gasteiger partial charge in [-0.1, -0.05) is 18.6 Å². The average Bonchev–Trinajstić information content (AvgIpc) is 3.27. The molecule has 1 aliphatic rings. The molecule has 3 heterocycles. The number of sulfonamides is 1. The Balaban J connectivity index is 1.35. The largest absolute Gasteiger partial charge is 0.365 e. The number of carbonyl (C=O) groups is 2. The van der Waals surface area contributed by atoms with Crippen molar-refractivity contribution in [1.82, 2.24) is 24.2 Å². The second-order valence-corrected chi connectivity index (χ2v) is 10.7. The first-order chi connectivity index (χ1) is 16.7. The zero-order valence-electron chi connectivity index (χ0n) is 20.0. The van der Waals surface area contributed by atoms with Crippen molar-refractivity contribution in [2.75, 3.05) is 13.1 Å². The molecule has 4 rings (SSSR count). The SMILES string of the molecule is Cc1nc2c(C(N)=O)cnn2c(C)c1CCC(=O)NCc1ccc(S(=O)(=O)N2CCCCC2)cc1. The topological polar surface area (TPSA) is 140 Å². The van der Waals surface area contributed by atoms with E-state index >= 15 is 0 Å². The number of aromatic nitrogens is 3. The summed E-state index contributed by atoms with van der Waals surface area (Å²) in [6.45, 7) is 5.13. The van der Waals surface area contributed by atoms with Crippen LogP contribution < -0.4 is 11.1 Å². The number of nitrogens with zero attached hydrogens (tertiary/aromatic N) is 4. The van der Waals surface area contributed by atoms with E-state index in [4.69, 9.17) is 5.73 Å². The Morgan fingerprint density at radius 2 is 1.77 bits per heavy atom. The predicted octanol–water partition coefficient (Wildman–Crippen LogP) is 1.87. The van der Waals surface area contributed by atoms with E-state index in [-0.39, 0.29) is 22.8 Å². The first-order valence-electron chi connectivity index (χ1n) is 11.7. The normalized spacial score (nSPS) is 14.8. The Morgan fingerprint density at radius 1 is 1.09 bits per heavy atom. The highest BCUT2D eigenvalue weighted by atomic mass is 32.2. The van der Waals surface area contributed by atoms with Crippen LogP contribution in [0.2, 0.25) is 0 Å². The summed E-state index contributed by atoms with van der Waals surface area (Å²) in [5, 5.41) is 7.09. The zero-order valence-corrected chi connectivity index (χ0v) is 20.8. The average molecular weight is 499 g/mol. The lowest BCUT2D eigenvalue weighted by molar-refractivity contribution is -0.121. The zero-order chi connectivity index (χ0) is 25.2. The third-order valence-electron chi connectivity index (χ3n) is 6.44. The van der Waals surface area contributed by atoms with Gasteiger partial charge < -0.3 is 11.1 Å². The van der Waals surface area contributed by atoms with Crippen molar-refractivity contribution in [2.24, 2.45) is 5.73 Å². The van der Waals surface area contributed by atoms with Gasteiger partial charge >= 0.3 is 0 Å². The molecule has 1 aromatic carbocycles. The number of amides is 2. The van der Waals surface area contributed by atoms with Crippen molar-refractivity contribution in [1.29, 1.82) is 0 Å². The van der Waals surface area contributed by atoms with Gasteiger partial charge in [-0.15, -0.1) is 0 Å². The standard InChI is InChI=1S/C24H30N6O4S/c1-16-20(17(2)30-24(28-16)21(15-27-30)23(25)32)10-11-22(31)26-14-18-6-8-19(9-7-18)35(33,34)29-12-4-3-5-13-29/h6-9,15H,3-5,10-14H2,1-2H3,(H2,25,32)(H,26,31). The maximum Gasteiger partial charge on any atom is 0.254 e. The number of primary amides is 1. The minimum atomic E-state index is -3.47. The lowest BCUT2D eigenvalue weighted by atomic mass is 10.1. The molecule has 3 aromatic rings. The minimum Gasteiger partial charge on any atom is -0.365 e. The van der Waals surface area contributed by atoms with Gasteiger partial charge in [-0.2, -0.15) is 9.40 Å². The minimum absolute atomic E-state index is 0.132. The highest BCUT2D eigenvalue weighted by Gasteiger charge is 2.25. The second kappa shape index (κ2) is 10.1. The molecule has 1 fully saturated rings. The van der Waals surface area contributed by atoms with E-state index in [9.17, 15) is 18.0 Å². The summed E-state index contributed by atoms with van der Waals surface area (Å²) in [7, 11) is -3.47. The summed E-state index contributed by atoms with van der Waals surface area (Å²) in [6.07, 6.45) is 4.96. The molecule has 10 nitrogen and oxygen atoms in total. The molecule has 0 atom stereocenters. The third-order valence-corrected chi connectivity index (χ3v) is 8.35. The number of piperidine rings is 1. The third kappa shape index (κ3) is 5.20. The van der Waals surface area contributed by atoms with E-state index < -0.39 is 15.9 Å². The number of benzene rings is 1. The molecule has 3 N–H and O–H groups in total.